The Morgan fingerprint density at radius 3 is 2.90 bits per heavy atom. The van der Waals surface area contributed by atoms with Crippen molar-refractivity contribution in [3.63, 3.8) is 0 Å². The molecule has 0 fully saturated rings. The number of benzene rings is 1. The third-order valence-electron chi connectivity index (χ3n) is 3.16. The molecule has 0 unspecified atom stereocenters. The summed E-state index contributed by atoms with van der Waals surface area (Å²) in [5.74, 6) is 0.206. The van der Waals surface area contributed by atoms with Gasteiger partial charge in [-0.05, 0) is 45.4 Å². The lowest BCUT2D eigenvalue weighted by Crippen LogP contribution is -2.25. The van der Waals surface area contributed by atoms with E-state index in [0.717, 1.165) is 27.4 Å². The summed E-state index contributed by atoms with van der Waals surface area (Å²) in [7, 11) is 0. The van der Waals surface area contributed by atoms with Gasteiger partial charge in [0.15, 0.2) is 5.76 Å². The molecule has 2 aromatic rings. The lowest BCUT2D eigenvalue weighted by Gasteiger charge is -2.07. The van der Waals surface area contributed by atoms with Crippen LogP contribution in [0.4, 0.5) is 0 Å². The number of carbonyl (C=O) groups is 1. The first-order chi connectivity index (χ1) is 9.99. The maximum atomic E-state index is 12.2. The maximum absolute atomic E-state index is 12.2. The number of halogens is 1. The van der Waals surface area contributed by atoms with Crippen LogP contribution in [0.25, 0.3) is 11.0 Å². The number of aryl methyl sites for hydroxylation is 1. The molecule has 0 saturated carbocycles. The van der Waals surface area contributed by atoms with Gasteiger partial charge in [-0.25, -0.2) is 0 Å². The van der Waals surface area contributed by atoms with Gasteiger partial charge in [0.05, 0.1) is 6.10 Å². The van der Waals surface area contributed by atoms with E-state index >= 15 is 0 Å². The number of ether oxygens (including phenoxy) is 1. The fourth-order valence-corrected chi connectivity index (χ4v) is 2.44. The number of furan rings is 1. The van der Waals surface area contributed by atoms with Crippen molar-refractivity contribution in [3.8, 4) is 0 Å². The lowest BCUT2D eigenvalue weighted by atomic mass is 10.1. The van der Waals surface area contributed by atoms with Gasteiger partial charge in [-0.3, -0.25) is 4.79 Å². The summed E-state index contributed by atoms with van der Waals surface area (Å²) in [6, 6.07) is 5.72. The Labute approximate surface area is 133 Å². The molecule has 0 aliphatic heterocycles. The van der Waals surface area contributed by atoms with Gasteiger partial charge < -0.3 is 14.5 Å². The molecular weight excluding hydrogens is 334 g/mol. The predicted octanol–water partition coefficient (Wildman–Crippen LogP) is 4.05. The first-order valence-electron chi connectivity index (χ1n) is 7.07. The molecule has 1 amide bonds. The summed E-state index contributed by atoms with van der Waals surface area (Å²) >= 11 is 3.43. The quantitative estimate of drug-likeness (QED) is 0.797. The first kappa shape index (κ1) is 16.0. The van der Waals surface area contributed by atoms with Crippen LogP contribution in [-0.4, -0.2) is 25.2 Å². The Balaban J connectivity index is 1.98. The van der Waals surface area contributed by atoms with Crippen LogP contribution >= 0.6 is 15.9 Å². The monoisotopic (exact) mass is 353 g/mol. The normalized spacial score (nSPS) is 11.3. The lowest BCUT2D eigenvalue weighted by molar-refractivity contribution is 0.0753. The number of hydrogen-bond acceptors (Lipinski definition) is 3. The van der Waals surface area contributed by atoms with E-state index in [0.29, 0.717) is 18.9 Å². The Morgan fingerprint density at radius 2 is 2.19 bits per heavy atom. The number of rotatable bonds is 6. The van der Waals surface area contributed by atoms with Gasteiger partial charge >= 0.3 is 0 Å². The van der Waals surface area contributed by atoms with Crippen molar-refractivity contribution >= 4 is 32.8 Å². The molecule has 1 aromatic carbocycles. The fraction of sp³-hybridized carbons (Fsp3) is 0.438. The summed E-state index contributed by atoms with van der Waals surface area (Å²) in [6.45, 7) is 7.10. The Morgan fingerprint density at radius 1 is 1.43 bits per heavy atom. The second kappa shape index (κ2) is 7.09. The van der Waals surface area contributed by atoms with Gasteiger partial charge in [0, 0.05) is 28.6 Å². The van der Waals surface area contributed by atoms with E-state index in [1.807, 2.05) is 39.0 Å². The number of carbonyl (C=O) groups excluding carboxylic acids is 1. The van der Waals surface area contributed by atoms with Crippen LogP contribution in [0.15, 0.2) is 27.1 Å². The largest absolute Gasteiger partial charge is 0.451 e. The molecule has 21 heavy (non-hydrogen) atoms. The SMILES string of the molecule is Cc1c(C(=O)NCCCOC(C)C)oc2ccc(Br)cc12. The molecular formula is C16H20BrNO3. The molecule has 0 radical (unpaired) electrons. The van der Waals surface area contributed by atoms with Crippen LogP contribution in [0.1, 0.15) is 36.4 Å². The van der Waals surface area contributed by atoms with E-state index in [1.165, 1.54) is 0 Å². The maximum Gasteiger partial charge on any atom is 0.287 e. The third kappa shape index (κ3) is 4.08. The Bertz CT molecular complexity index is 634. The van der Waals surface area contributed by atoms with E-state index in [-0.39, 0.29) is 12.0 Å². The summed E-state index contributed by atoms with van der Waals surface area (Å²) in [4.78, 5) is 12.2. The standard InChI is InChI=1S/C16H20BrNO3/c1-10(2)20-8-4-7-18-16(19)15-11(3)13-9-12(17)5-6-14(13)21-15/h5-6,9-10H,4,7-8H2,1-3H3,(H,18,19). The minimum atomic E-state index is -0.177. The highest BCUT2D eigenvalue weighted by Crippen LogP contribution is 2.27. The molecule has 2 rings (SSSR count). The molecule has 1 N–H and O–H groups in total. The molecule has 0 aliphatic carbocycles. The highest BCUT2D eigenvalue weighted by molar-refractivity contribution is 9.10. The molecule has 0 bridgehead atoms. The summed E-state index contributed by atoms with van der Waals surface area (Å²) < 4.78 is 12.1. The number of fused-ring (bicyclic) bond motifs is 1. The van der Waals surface area contributed by atoms with Crippen molar-refractivity contribution in [3.05, 3.63) is 34.0 Å². The molecule has 0 atom stereocenters. The molecule has 0 spiro atoms. The van der Waals surface area contributed by atoms with E-state index < -0.39 is 0 Å². The van der Waals surface area contributed by atoms with Crippen molar-refractivity contribution in [1.82, 2.24) is 5.32 Å². The zero-order valence-electron chi connectivity index (χ0n) is 12.5. The number of amides is 1. The summed E-state index contributed by atoms with van der Waals surface area (Å²) in [5, 5.41) is 3.82. The highest BCUT2D eigenvalue weighted by atomic mass is 79.9. The molecule has 4 nitrogen and oxygen atoms in total. The Hall–Kier alpha value is -1.33. The van der Waals surface area contributed by atoms with Crippen LogP contribution < -0.4 is 5.32 Å². The second-order valence-corrected chi connectivity index (χ2v) is 6.14. The van der Waals surface area contributed by atoms with Crippen LogP contribution in [-0.2, 0) is 4.74 Å². The van der Waals surface area contributed by atoms with Crippen molar-refractivity contribution in [2.24, 2.45) is 0 Å². The minimum absolute atomic E-state index is 0.177. The second-order valence-electron chi connectivity index (χ2n) is 5.23. The average Bonchev–Trinajstić information content (AvgIpc) is 2.75. The minimum Gasteiger partial charge on any atom is -0.451 e. The topological polar surface area (TPSA) is 51.5 Å². The summed E-state index contributed by atoms with van der Waals surface area (Å²) in [6.07, 6.45) is 1.01. The van der Waals surface area contributed by atoms with Crippen LogP contribution in [0.3, 0.4) is 0 Å². The van der Waals surface area contributed by atoms with E-state index in [4.69, 9.17) is 9.15 Å². The number of nitrogens with one attached hydrogen (secondary N) is 1. The van der Waals surface area contributed by atoms with Crippen LogP contribution in [0.5, 0.6) is 0 Å². The third-order valence-corrected chi connectivity index (χ3v) is 3.66. The van der Waals surface area contributed by atoms with Gasteiger partial charge in [0.1, 0.15) is 5.58 Å². The summed E-state index contributed by atoms with van der Waals surface area (Å²) in [5.41, 5.74) is 1.59. The van der Waals surface area contributed by atoms with Gasteiger partial charge in [0.25, 0.3) is 5.91 Å². The molecule has 1 heterocycles. The van der Waals surface area contributed by atoms with Gasteiger partial charge in [-0.2, -0.15) is 0 Å². The van der Waals surface area contributed by atoms with Crippen molar-refractivity contribution in [2.75, 3.05) is 13.2 Å². The zero-order valence-corrected chi connectivity index (χ0v) is 14.1. The molecule has 0 saturated heterocycles. The fourth-order valence-electron chi connectivity index (χ4n) is 2.08. The van der Waals surface area contributed by atoms with Crippen molar-refractivity contribution in [1.29, 1.82) is 0 Å². The van der Waals surface area contributed by atoms with E-state index in [2.05, 4.69) is 21.2 Å². The molecule has 114 valence electrons. The number of hydrogen-bond donors (Lipinski definition) is 1. The van der Waals surface area contributed by atoms with E-state index in [9.17, 15) is 4.79 Å². The molecule has 5 heteroatoms. The van der Waals surface area contributed by atoms with Crippen molar-refractivity contribution < 1.29 is 13.9 Å². The van der Waals surface area contributed by atoms with Crippen LogP contribution in [0.2, 0.25) is 0 Å². The van der Waals surface area contributed by atoms with E-state index in [1.54, 1.807) is 0 Å². The van der Waals surface area contributed by atoms with Gasteiger partial charge in [0.2, 0.25) is 0 Å². The Kier molecular flexibility index (Phi) is 5.42. The van der Waals surface area contributed by atoms with Gasteiger partial charge in [-0.15, -0.1) is 0 Å². The molecule has 1 aromatic heterocycles. The van der Waals surface area contributed by atoms with Crippen LogP contribution in [0, 0.1) is 6.92 Å². The predicted molar refractivity (Wildman–Crippen MR) is 86.7 cm³/mol. The van der Waals surface area contributed by atoms with Gasteiger partial charge in [-0.1, -0.05) is 15.9 Å². The smallest absolute Gasteiger partial charge is 0.287 e. The average molecular weight is 354 g/mol. The first-order valence-corrected chi connectivity index (χ1v) is 7.87. The van der Waals surface area contributed by atoms with Crippen molar-refractivity contribution in [2.45, 2.75) is 33.3 Å². The highest BCUT2D eigenvalue weighted by Gasteiger charge is 2.17. The zero-order chi connectivity index (χ0) is 15.4. The molecule has 0 aliphatic rings.